The van der Waals surface area contributed by atoms with E-state index in [4.69, 9.17) is 14.3 Å². The molecule has 0 aromatic heterocycles. The molecule has 0 radical (unpaired) electrons. The van der Waals surface area contributed by atoms with Gasteiger partial charge in [-0.1, -0.05) is 17.3 Å². The lowest BCUT2D eigenvalue weighted by Gasteiger charge is -2.12. The highest BCUT2D eigenvalue weighted by Crippen LogP contribution is 2.22. The van der Waals surface area contributed by atoms with Gasteiger partial charge in [-0.3, -0.25) is 4.79 Å². The van der Waals surface area contributed by atoms with Crippen LogP contribution in [0.15, 0.2) is 53.7 Å². The standard InChI is InChI=1S/C19H18N2O5/c1-24-13-9-7-12(8-10-13)16-11-17(26-21-16)18(22)20-15-6-4-3-5-14(15)19(23)25-2/h3-10,17H,11H2,1-2H3,(H,20,22)/t17-/m0/s1. The summed E-state index contributed by atoms with van der Waals surface area (Å²) in [5.74, 6) is -0.168. The summed E-state index contributed by atoms with van der Waals surface area (Å²) >= 11 is 0. The molecular formula is C19H18N2O5. The predicted octanol–water partition coefficient (Wildman–Crippen LogP) is 2.61. The van der Waals surface area contributed by atoms with Crippen molar-refractivity contribution in [3.63, 3.8) is 0 Å². The molecule has 2 aromatic carbocycles. The zero-order chi connectivity index (χ0) is 18.5. The summed E-state index contributed by atoms with van der Waals surface area (Å²) < 4.78 is 9.85. The molecule has 0 bridgehead atoms. The van der Waals surface area contributed by atoms with Crippen LogP contribution in [0, 0.1) is 0 Å². The minimum atomic E-state index is -0.766. The number of hydrogen-bond acceptors (Lipinski definition) is 6. The van der Waals surface area contributed by atoms with Gasteiger partial charge in [0, 0.05) is 6.42 Å². The summed E-state index contributed by atoms with van der Waals surface area (Å²) in [6.45, 7) is 0. The Morgan fingerprint density at radius 2 is 1.85 bits per heavy atom. The van der Waals surface area contributed by atoms with E-state index < -0.39 is 12.1 Å². The number of hydrogen-bond donors (Lipinski definition) is 1. The number of oxime groups is 1. The van der Waals surface area contributed by atoms with E-state index in [-0.39, 0.29) is 11.5 Å². The first kappa shape index (κ1) is 17.5. The second-order valence-electron chi connectivity index (χ2n) is 5.59. The molecule has 0 aliphatic carbocycles. The number of methoxy groups -OCH3 is 2. The molecule has 0 spiro atoms. The van der Waals surface area contributed by atoms with Crippen LogP contribution in [0.25, 0.3) is 0 Å². The Hall–Kier alpha value is -3.35. The quantitative estimate of drug-likeness (QED) is 0.834. The van der Waals surface area contributed by atoms with Gasteiger partial charge < -0.3 is 19.6 Å². The van der Waals surface area contributed by atoms with Gasteiger partial charge in [0.15, 0.2) is 0 Å². The topological polar surface area (TPSA) is 86.2 Å². The minimum absolute atomic E-state index is 0.276. The third-order valence-electron chi connectivity index (χ3n) is 3.97. The summed E-state index contributed by atoms with van der Waals surface area (Å²) in [5, 5.41) is 6.70. The molecule has 2 aromatic rings. The Bertz CT molecular complexity index is 845. The van der Waals surface area contributed by atoms with E-state index in [9.17, 15) is 9.59 Å². The van der Waals surface area contributed by atoms with Crippen molar-refractivity contribution in [2.45, 2.75) is 12.5 Å². The number of rotatable bonds is 5. The fraction of sp³-hybridized carbons (Fsp3) is 0.211. The molecule has 7 nitrogen and oxygen atoms in total. The van der Waals surface area contributed by atoms with E-state index in [1.54, 1.807) is 31.4 Å². The molecule has 1 aliphatic heterocycles. The van der Waals surface area contributed by atoms with Crippen molar-refractivity contribution >= 4 is 23.3 Å². The van der Waals surface area contributed by atoms with Gasteiger partial charge in [-0.2, -0.15) is 0 Å². The highest BCUT2D eigenvalue weighted by molar-refractivity contribution is 6.07. The number of carbonyl (C=O) groups is 2. The molecule has 0 saturated heterocycles. The van der Waals surface area contributed by atoms with Gasteiger partial charge in [-0.25, -0.2) is 4.79 Å². The van der Waals surface area contributed by atoms with Crippen molar-refractivity contribution in [2.75, 3.05) is 19.5 Å². The molecule has 1 aliphatic rings. The van der Waals surface area contributed by atoms with Crippen molar-refractivity contribution < 1.29 is 23.9 Å². The summed E-state index contributed by atoms with van der Waals surface area (Å²) in [4.78, 5) is 29.5. The summed E-state index contributed by atoms with van der Waals surface area (Å²) in [6.07, 6.45) is -0.434. The first-order chi connectivity index (χ1) is 12.6. The molecule has 134 valence electrons. The van der Waals surface area contributed by atoms with Gasteiger partial charge in [-0.05, 0) is 42.0 Å². The maximum Gasteiger partial charge on any atom is 0.339 e. The van der Waals surface area contributed by atoms with Gasteiger partial charge in [-0.15, -0.1) is 0 Å². The fourth-order valence-corrected chi connectivity index (χ4v) is 2.57. The molecule has 0 saturated carbocycles. The van der Waals surface area contributed by atoms with Crippen molar-refractivity contribution in [3.8, 4) is 5.75 Å². The SMILES string of the molecule is COC(=O)c1ccccc1NC(=O)[C@@H]1CC(c2ccc(OC)cc2)=NO1. The number of ether oxygens (including phenoxy) is 2. The van der Waals surface area contributed by atoms with E-state index in [1.165, 1.54) is 7.11 Å². The second-order valence-corrected chi connectivity index (χ2v) is 5.59. The van der Waals surface area contributed by atoms with Crippen LogP contribution >= 0.6 is 0 Å². The third-order valence-corrected chi connectivity index (χ3v) is 3.97. The highest BCUT2D eigenvalue weighted by atomic mass is 16.6. The Morgan fingerprint density at radius 3 is 2.54 bits per heavy atom. The minimum Gasteiger partial charge on any atom is -0.497 e. The number of nitrogens with zero attached hydrogens (tertiary/aromatic N) is 1. The van der Waals surface area contributed by atoms with Crippen LogP contribution in [0.4, 0.5) is 5.69 Å². The van der Waals surface area contributed by atoms with Crippen molar-refractivity contribution in [2.24, 2.45) is 5.16 Å². The molecule has 3 rings (SSSR count). The molecule has 7 heteroatoms. The Kier molecular flexibility index (Phi) is 5.17. The van der Waals surface area contributed by atoms with Crippen LogP contribution in [0.2, 0.25) is 0 Å². The van der Waals surface area contributed by atoms with Crippen molar-refractivity contribution in [3.05, 3.63) is 59.7 Å². The number of nitrogens with one attached hydrogen (secondary N) is 1. The molecule has 1 heterocycles. The largest absolute Gasteiger partial charge is 0.497 e. The third kappa shape index (κ3) is 3.66. The predicted molar refractivity (Wildman–Crippen MR) is 95.4 cm³/mol. The normalized spacial score (nSPS) is 15.6. The monoisotopic (exact) mass is 354 g/mol. The van der Waals surface area contributed by atoms with Gasteiger partial charge in [0.2, 0.25) is 6.10 Å². The van der Waals surface area contributed by atoms with E-state index in [2.05, 4.69) is 10.5 Å². The Labute approximate surface area is 150 Å². The van der Waals surface area contributed by atoms with Gasteiger partial charge in [0.1, 0.15) is 5.75 Å². The smallest absolute Gasteiger partial charge is 0.339 e. The van der Waals surface area contributed by atoms with Crippen LogP contribution in [0.3, 0.4) is 0 Å². The number of anilines is 1. The first-order valence-corrected chi connectivity index (χ1v) is 7.97. The lowest BCUT2D eigenvalue weighted by Crippen LogP contribution is -2.28. The van der Waals surface area contributed by atoms with Crippen LogP contribution in [0.5, 0.6) is 5.75 Å². The zero-order valence-corrected chi connectivity index (χ0v) is 14.4. The molecule has 1 amide bonds. The van der Waals surface area contributed by atoms with Gasteiger partial charge in [0.25, 0.3) is 5.91 Å². The van der Waals surface area contributed by atoms with E-state index in [1.807, 2.05) is 24.3 Å². The maximum absolute atomic E-state index is 12.5. The second kappa shape index (κ2) is 7.69. The number of para-hydroxylation sites is 1. The summed E-state index contributed by atoms with van der Waals surface area (Å²) in [7, 11) is 2.88. The van der Waals surface area contributed by atoms with Crippen molar-refractivity contribution in [1.29, 1.82) is 0 Å². The molecule has 26 heavy (non-hydrogen) atoms. The average molecular weight is 354 g/mol. The molecule has 0 unspecified atom stereocenters. The fourth-order valence-electron chi connectivity index (χ4n) is 2.57. The van der Waals surface area contributed by atoms with E-state index >= 15 is 0 Å². The summed E-state index contributed by atoms with van der Waals surface area (Å²) in [5.41, 5.74) is 2.17. The van der Waals surface area contributed by atoms with Crippen LogP contribution in [0.1, 0.15) is 22.3 Å². The number of esters is 1. The summed E-state index contributed by atoms with van der Waals surface area (Å²) in [6, 6.07) is 14.0. The van der Waals surface area contributed by atoms with Crippen molar-refractivity contribution in [1.82, 2.24) is 0 Å². The number of amides is 1. The van der Waals surface area contributed by atoms with Crippen LogP contribution in [-0.2, 0) is 14.4 Å². The van der Waals surface area contributed by atoms with E-state index in [0.29, 0.717) is 17.8 Å². The molecule has 0 fully saturated rings. The lowest BCUT2D eigenvalue weighted by molar-refractivity contribution is -0.125. The highest BCUT2D eigenvalue weighted by Gasteiger charge is 2.29. The Balaban J connectivity index is 1.67. The van der Waals surface area contributed by atoms with E-state index in [0.717, 1.165) is 11.3 Å². The lowest BCUT2D eigenvalue weighted by atomic mass is 10.0. The molecule has 1 atom stereocenters. The molecule has 1 N–H and O–H groups in total. The number of carbonyl (C=O) groups excluding carboxylic acids is 2. The van der Waals surface area contributed by atoms with Crippen LogP contribution in [-0.4, -0.2) is 37.9 Å². The molecular weight excluding hydrogens is 336 g/mol. The van der Waals surface area contributed by atoms with Gasteiger partial charge in [0.05, 0.1) is 31.2 Å². The van der Waals surface area contributed by atoms with Crippen LogP contribution < -0.4 is 10.1 Å². The zero-order valence-electron chi connectivity index (χ0n) is 14.4. The maximum atomic E-state index is 12.5. The average Bonchev–Trinajstić information content (AvgIpc) is 3.18. The van der Waals surface area contributed by atoms with Gasteiger partial charge >= 0.3 is 5.97 Å². The first-order valence-electron chi connectivity index (χ1n) is 7.97. The number of benzene rings is 2. The Morgan fingerprint density at radius 1 is 1.12 bits per heavy atom.